The highest BCUT2D eigenvalue weighted by molar-refractivity contribution is 5.76. The Labute approximate surface area is 171 Å². The van der Waals surface area contributed by atoms with Gasteiger partial charge in [-0.3, -0.25) is 4.79 Å². The van der Waals surface area contributed by atoms with Crippen molar-refractivity contribution in [3.05, 3.63) is 0 Å². The van der Waals surface area contributed by atoms with E-state index in [2.05, 4.69) is 26.1 Å². The summed E-state index contributed by atoms with van der Waals surface area (Å²) in [5.74, 6) is 0.338. The molecule has 0 aliphatic rings. The summed E-state index contributed by atoms with van der Waals surface area (Å²) >= 11 is 0. The molecule has 3 heteroatoms. The largest absolute Gasteiger partial charge is 0.342 e. The number of unbranched alkanes of at least 4 members (excludes halogenated alkanes) is 14. The molecule has 0 heterocycles. The number of likely N-dealkylation sites (N-methyl/N-ethyl adjacent to an activating group) is 2. The van der Waals surface area contributed by atoms with E-state index in [-0.39, 0.29) is 0 Å². The maximum absolute atomic E-state index is 12.2. The lowest BCUT2D eigenvalue weighted by Crippen LogP contribution is -2.36. The minimum Gasteiger partial charge on any atom is -0.342 e. The normalized spacial score (nSPS) is 11.1. The van der Waals surface area contributed by atoms with E-state index < -0.39 is 0 Å². The third kappa shape index (κ3) is 18.6. The molecule has 0 rings (SSSR count). The van der Waals surface area contributed by atoms with Gasteiger partial charge in [-0.1, -0.05) is 104 Å². The Morgan fingerprint density at radius 1 is 0.667 bits per heavy atom. The summed E-state index contributed by atoms with van der Waals surface area (Å²) in [4.78, 5) is 14.2. The van der Waals surface area contributed by atoms with Crippen LogP contribution in [0.15, 0.2) is 0 Å². The molecule has 0 saturated carbocycles. The molecular weight excluding hydrogens is 332 g/mol. The summed E-state index contributed by atoms with van der Waals surface area (Å²) in [6, 6.07) is 0. The monoisotopic (exact) mass is 382 g/mol. The van der Waals surface area contributed by atoms with Crippen molar-refractivity contribution < 1.29 is 4.79 Å². The molecule has 27 heavy (non-hydrogen) atoms. The van der Waals surface area contributed by atoms with Gasteiger partial charge in [-0.05, 0) is 19.9 Å². The van der Waals surface area contributed by atoms with Crippen LogP contribution in [-0.4, -0.2) is 37.0 Å². The van der Waals surface area contributed by atoms with Crippen molar-refractivity contribution in [2.75, 3.05) is 26.2 Å². The standard InChI is InChI=1S/C24H50N2O/c1-4-7-8-9-10-11-12-13-14-15-16-17-18-19-20-21-24(27)26(6-3)23-22-25-5-2/h25H,4-23H2,1-3H3. The highest BCUT2D eigenvalue weighted by atomic mass is 16.2. The van der Waals surface area contributed by atoms with Gasteiger partial charge in [-0.15, -0.1) is 0 Å². The fourth-order valence-electron chi connectivity index (χ4n) is 3.66. The van der Waals surface area contributed by atoms with Crippen molar-refractivity contribution in [3.63, 3.8) is 0 Å². The van der Waals surface area contributed by atoms with Crippen LogP contribution in [0.3, 0.4) is 0 Å². The second-order valence-electron chi connectivity index (χ2n) is 8.03. The van der Waals surface area contributed by atoms with Gasteiger partial charge in [-0.25, -0.2) is 0 Å². The van der Waals surface area contributed by atoms with E-state index in [1.165, 1.54) is 89.9 Å². The smallest absolute Gasteiger partial charge is 0.222 e. The number of carbonyl (C=O) groups is 1. The third-order valence-corrected chi connectivity index (χ3v) is 5.54. The lowest BCUT2D eigenvalue weighted by atomic mass is 10.0. The van der Waals surface area contributed by atoms with Crippen molar-refractivity contribution in [3.8, 4) is 0 Å². The van der Waals surface area contributed by atoms with Gasteiger partial charge in [-0.2, -0.15) is 0 Å². The number of carbonyl (C=O) groups excluding carboxylic acids is 1. The lowest BCUT2D eigenvalue weighted by molar-refractivity contribution is -0.131. The minimum absolute atomic E-state index is 0.338. The molecule has 3 nitrogen and oxygen atoms in total. The molecule has 162 valence electrons. The van der Waals surface area contributed by atoms with Crippen LogP contribution in [0, 0.1) is 0 Å². The van der Waals surface area contributed by atoms with Gasteiger partial charge in [0.05, 0.1) is 0 Å². The Kier molecular flexibility index (Phi) is 21.3. The molecule has 0 aromatic heterocycles. The molecule has 0 aromatic carbocycles. The first-order valence-corrected chi connectivity index (χ1v) is 12.2. The van der Waals surface area contributed by atoms with Gasteiger partial charge in [0.1, 0.15) is 0 Å². The number of amides is 1. The summed E-state index contributed by atoms with van der Waals surface area (Å²) in [7, 11) is 0. The van der Waals surface area contributed by atoms with Crippen LogP contribution in [0.5, 0.6) is 0 Å². The van der Waals surface area contributed by atoms with Crippen LogP contribution in [-0.2, 0) is 4.79 Å². The van der Waals surface area contributed by atoms with Crippen molar-refractivity contribution in [2.45, 2.75) is 124 Å². The predicted molar refractivity (Wildman–Crippen MR) is 120 cm³/mol. The average molecular weight is 383 g/mol. The number of rotatable bonds is 21. The van der Waals surface area contributed by atoms with Gasteiger partial charge in [0.25, 0.3) is 0 Å². The average Bonchev–Trinajstić information content (AvgIpc) is 2.68. The number of hydrogen-bond donors (Lipinski definition) is 1. The van der Waals surface area contributed by atoms with Crippen molar-refractivity contribution >= 4 is 5.91 Å². The van der Waals surface area contributed by atoms with E-state index >= 15 is 0 Å². The molecule has 0 aromatic rings. The topological polar surface area (TPSA) is 32.3 Å². The van der Waals surface area contributed by atoms with Crippen molar-refractivity contribution in [2.24, 2.45) is 0 Å². The van der Waals surface area contributed by atoms with Gasteiger partial charge in [0, 0.05) is 26.1 Å². The van der Waals surface area contributed by atoms with Gasteiger partial charge < -0.3 is 10.2 Å². The summed E-state index contributed by atoms with van der Waals surface area (Å²) in [6.45, 7) is 10.0. The van der Waals surface area contributed by atoms with E-state index in [1.807, 2.05) is 4.90 Å². The van der Waals surface area contributed by atoms with Gasteiger partial charge >= 0.3 is 0 Å². The maximum Gasteiger partial charge on any atom is 0.222 e. The molecule has 0 radical (unpaired) electrons. The summed E-state index contributed by atoms with van der Waals surface area (Å²) in [6.07, 6.45) is 21.3. The maximum atomic E-state index is 12.2. The van der Waals surface area contributed by atoms with Crippen LogP contribution in [0.2, 0.25) is 0 Å². The molecular formula is C24H50N2O. The van der Waals surface area contributed by atoms with E-state index in [0.29, 0.717) is 5.91 Å². The number of nitrogens with one attached hydrogen (secondary N) is 1. The first-order valence-electron chi connectivity index (χ1n) is 12.2. The molecule has 0 aliphatic carbocycles. The Balaban J connectivity index is 3.31. The molecule has 0 aliphatic heterocycles. The minimum atomic E-state index is 0.338. The first-order chi connectivity index (χ1) is 13.3. The molecule has 1 amide bonds. The third-order valence-electron chi connectivity index (χ3n) is 5.54. The van der Waals surface area contributed by atoms with Crippen LogP contribution in [0.1, 0.15) is 124 Å². The summed E-state index contributed by atoms with van der Waals surface area (Å²) in [5.41, 5.74) is 0. The molecule has 0 atom stereocenters. The first kappa shape index (κ1) is 26.4. The fourth-order valence-corrected chi connectivity index (χ4v) is 3.66. The Morgan fingerprint density at radius 3 is 1.52 bits per heavy atom. The second kappa shape index (κ2) is 21.7. The fraction of sp³-hybridized carbons (Fsp3) is 0.958. The zero-order chi connectivity index (χ0) is 20.0. The van der Waals surface area contributed by atoms with Crippen molar-refractivity contribution in [1.82, 2.24) is 10.2 Å². The highest BCUT2D eigenvalue weighted by Gasteiger charge is 2.10. The molecule has 0 spiro atoms. The summed E-state index contributed by atoms with van der Waals surface area (Å²) in [5, 5.41) is 3.30. The number of nitrogens with zero attached hydrogens (tertiary/aromatic N) is 1. The molecule has 1 N–H and O–H groups in total. The lowest BCUT2D eigenvalue weighted by Gasteiger charge is -2.21. The van der Waals surface area contributed by atoms with Gasteiger partial charge in [0.15, 0.2) is 0 Å². The Morgan fingerprint density at radius 2 is 1.11 bits per heavy atom. The quantitative estimate of drug-likeness (QED) is 0.224. The van der Waals surface area contributed by atoms with E-state index in [1.54, 1.807) is 0 Å². The van der Waals surface area contributed by atoms with Crippen LogP contribution in [0.25, 0.3) is 0 Å². The molecule has 0 bridgehead atoms. The molecule has 0 unspecified atom stereocenters. The second-order valence-corrected chi connectivity index (χ2v) is 8.03. The Bertz CT molecular complexity index is 307. The van der Waals surface area contributed by atoms with Crippen molar-refractivity contribution in [1.29, 1.82) is 0 Å². The van der Waals surface area contributed by atoms with E-state index in [4.69, 9.17) is 0 Å². The summed E-state index contributed by atoms with van der Waals surface area (Å²) < 4.78 is 0. The van der Waals surface area contributed by atoms with Crippen LogP contribution >= 0.6 is 0 Å². The van der Waals surface area contributed by atoms with E-state index in [9.17, 15) is 4.79 Å². The highest BCUT2D eigenvalue weighted by Crippen LogP contribution is 2.14. The van der Waals surface area contributed by atoms with Crippen LogP contribution in [0.4, 0.5) is 0 Å². The number of hydrogen-bond acceptors (Lipinski definition) is 2. The predicted octanol–water partition coefficient (Wildman–Crippen LogP) is 6.71. The van der Waals surface area contributed by atoms with Crippen LogP contribution < -0.4 is 5.32 Å². The molecule has 0 saturated heterocycles. The molecule has 0 fully saturated rings. The zero-order valence-electron chi connectivity index (χ0n) is 19.0. The van der Waals surface area contributed by atoms with E-state index in [0.717, 1.165) is 39.0 Å². The Hall–Kier alpha value is -0.570. The SMILES string of the molecule is CCCCCCCCCCCCCCCCCC(=O)N(CC)CCNCC. The van der Waals surface area contributed by atoms with Gasteiger partial charge in [0.2, 0.25) is 5.91 Å². The zero-order valence-corrected chi connectivity index (χ0v) is 19.0.